The molecule has 3 N–H and O–H groups in total. The maximum absolute atomic E-state index is 13.7. The lowest BCUT2D eigenvalue weighted by Gasteiger charge is -2.17. The lowest BCUT2D eigenvalue weighted by atomic mass is 10.0. The van der Waals surface area contributed by atoms with Crippen molar-refractivity contribution in [1.82, 2.24) is 5.43 Å². The highest BCUT2D eigenvalue weighted by atomic mass is 35.5. The topological polar surface area (TPSA) is 47.3 Å². The number of hydrazine groups is 1. The van der Waals surface area contributed by atoms with Crippen molar-refractivity contribution in [3.8, 4) is 5.75 Å². The summed E-state index contributed by atoms with van der Waals surface area (Å²) < 4.78 is 19.4. The summed E-state index contributed by atoms with van der Waals surface area (Å²) in [5.41, 5.74) is 3.16. The van der Waals surface area contributed by atoms with Gasteiger partial charge in [-0.2, -0.15) is 0 Å². The fourth-order valence-corrected chi connectivity index (χ4v) is 2.29. The fourth-order valence-electron chi connectivity index (χ4n) is 2.05. The summed E-state index contributed by atoms with van der Waals surface area (Å²) in [6.07, 6.45) is 1.07. The normalized spacial score (nSPS) is 12.1. The summed E-state index contributed by atoms with van der Waals surface area (Å²) in [5, 5.41) is 0.416. The molecule has 0 radical (unpaired) electrons. The molecule has 0 spiro atoms. The highest BCUT2D eigenvalue weighted by molar-refractivity contribution is 6.31. The molecule has 0 aliphatic heterocycles. The van der Waals surface area contributed by atoms with Crippen LogP contribution in [0.5, 0.6) is 5.75 Å². The highest BCUT2D eigenvalue weighted by Gasteiger charge is 2.14. The van der Waals surface area contributed by atoms with Crippen LogP contribution in [0.4, 0.5) is 4.39 Å². The van der Waals surface area contributed by atoms with Crippen molar-refractivity contribution in [2.75, 3.05) is 6.61 Å². The molecule has 0 aliphatic rings. The molecule has 3 nitrogen and oxygen atoms in total. The maximum atomic E-state index is 13.7. The van der Waals surface area contributed by atoms with E-state index in [1.54, 1.807) is 12.1 Å². The van der Waals surface area contributed by atoms with E-state index in [1.165, 1.54) is 6.07 Å². The van der Waals surface area contributed by atoms with Gasteiger partial charge in [-0.05, 0) is 37.1 Å². The van der Waals surface area contributed by atoms with E-state index in [9.17, 15) is 4.39 Å². The molecular formula is C16H18ClFN2O. The van der Waals surface area contributed by atoms with Gasteiger partial charge in [-0.3, -0.25) is 11.3 Å². The Morgan fingerprint density at radius 2 is 1.90 bits per heavy atom. The molecule has 0 bridgehead atoms. The number of hydrogen-bond acceptors (Lipinski definition) is 3. The van der Waals surface area contributed by atoms with Gasteiger partial charge in [0.25, 0.3) is 0 Å². The molecule has 0 saturated heterocycles. The van der Waals surface area contributed by atoms with E-state index in [-0.39, 0.29) is 11.9 Å². The Bertz CT molecular complexity index is 545. The number of para-hydroxylation sites is 1. The van der Waals surface area contributed by atoms with E-state index in [0.29, 0.717) is 30.0 Å². The first kappa shape index (κ1) is 15.8. The van der Waals surface area contributed by atoms with Crippen LogP contribution in [0.3, 0.4) is 0 Å². The zero-order chi connectivity index (χ0) is 15.1. The quantitative estimate of drug-likeness (QED) is 0.609. The van der Waals surface area contributed by atoms with Crippen LogP contribution in [0.15, 0.2) is 48.5 Å². The first-order valence-electron chi connectivity index (χ1n) is 6.77. The second-order valence-electron chi connectivity index (χ2n) is 4.72. The third-order valence-corrected chi connectivity index (χ3v) is 3.58. The summed E-state index contributed by atoms with van der Waals surface area (Å²) >= 11 is 6.02. The van der Waals surface area contributed by atoms with Crippen LogP contribution in [0, 0.1) is 5.82 Å². The minimum Gasteiger partial charge on any atom is -0.494 e. The number of nitrogens with two attached hydrogens (primary N) is 1. The average molecular weight is 309 g/mol. The summed E-state index contributed by atoms with van der Waals surface area (Å²) in [4.78, 5) is 0. The van der Waals surface area contributed by atoms with Gasteiger partial charge in [0.05, 0.1) is 6.61 Å². The molecule has 2 rings (SSSR count). The zero-order valence-corrected chi connectivity index (χ0v) is 12.3. The molecule has 2 aromatic carbocycles. The lowest BCUT2D eigenvalue weighted by molar-refractivity contribution is 0.284. The molecule has 0 heterocycles. The van der Waals surface area contributed by atoms with E-state index in [0.717, 1.165) is 5.75 Å². The molecule has 0 saturated carbocycles. The van der Waals surface area contributed by atoms with E-state index in [4.69, 9.17) is 22.2 Å². The fraction of sp³-hybridized carbons (Fsp3) is 0.250. The standard InChI is InChI=1S/C16H18ClFN2O/c17-15-7-4-8-16(18)14(15)11-12(20-19)9-10-21-13-5-2-1-3-6-13/h1-8,12,20H,9-11,19H2. The van der Waals surface area contributed by atoms with Crippen molar-refractivity contribution >= 4 is 11.6 Å². The number of nitrogens with one attached hydrogen (secondary N) is 1. The van der Waals surface area contributed by atoms with Gasteiger partial charge in [0.1, 0.15) is 11.6 Å². The van der Waals surface area contributed by atoms with Crippen LogP contribution in [0.25, 0.3) is 0 Å². The van der Waals surface area contributed by atoms with Gasteiger partial charge < -0.3 is 4.74 Å². The van der Waals surface area contributed by atoms with Gasteiger partial charge >= 0.3 is 0 Å². The Kier molecular flexibility index (Phi) is 5.99. The van der Waals surface area contributed by atoms with Crippen LogP contribution in [0.1, 0.15) is 12.0 Å². The average Bonchev–Trinajstić information content (AvgIpc) is 2.50. The monoisotopic (exact) mass is 308 g/mol. The van der Waals surface area contributed by atoms with Gasteiger partial charge in [0, 0.05) is 16.6 Å². The van der Waals surface area contributed by atoms with Gasteiger partial charge in [0.15, 0.2) is 0 Å². The van der Waals surface area contributed by atoms with Crippen molar-refractivity contribution in [1.29, 1.82) is 0 Å². The highest BCUT2D eigenvalue weighted by Crippen LogP contribution is 2.21. The van der Waals surface area contributed by atoms with Crippen LogP contribution < -0.4 is 16.0 Å². The van der Waals surface area contributed by atoms with Gasteiger partial charge in [-0.1, -0.05) is 35.9 Å². The number of rotatable bonds is 7. The number of hydrogen-bond donors (Lipinski definition) is 2. The molecule has 112 valence electrons. The van der Waals surface area contributed by atoms with Gasteiger partial charge in [-0.15, -0.1) is 0 Å². The van der Waals surface area contributed by atoms with Crippen molar-refractivity contribution < 1.29 is 9.13 Å². The SMILES string of the molecule is NNC(CCOc1ccccc1)Cc1c(F)cccc1Cl. The van der Waals surface area contributed by atoms with Crippen LogP contribution in [-0.4, -0.2) is 12.6 Å². The Balaban J connectivity index is 1.89. The predicted molar refractivity (Wildman–Crippen MR) is 82.8 cm³/mol. The van der Waals surface area contributed by atoms with Gasteiger partial charge in [-0.25, -0.2) is 4.39 Å². The molecule has 0 amide bonds. The molecule has 1 unspecified atom stereocenters. The maximum Gasteiger partial charge on any atom is 0.127 e. The minimum absolute atomic E-state index is 0.108. The molecular weight excluding hydrogens is 291 g/mol. The van der Waals surface area contributed by atoms with E-state index < -0.39 is 0 Å². The molecule has 0 fully saturated rings. The van der Waals surface area contributed by atoms with E-state index >= 15 is 0 Å². The number of halogens is 2. The Morgan fingerprint density at radius 3 is 2.57 bits per heavy atom. The molecule has 21 heavy (non-hydrogen) atoms. The lowest BCUT2D eigenvalue weighted by Crippen LogP contribution is -2.38. The summed E-state index contributed by atoms with van der Waals surface area (Å²) in [6.45, 7) is 0.491. The van der Waals surface area contributed by atoms with Gasteiger partial charge in [0.2, 0.25) is 0 Å². The Labute approximate surface area is 128 Å². The molecule has 0 aliphatic carbocycles. The van der Waals surface area contributed by atoms with E-state index in [2.05, 4.69) is 5.43 Å². The number of ether oxygens (including phenoxy) is 1. The third-order valence-electron chi connectivity index (χ3n) is 3.23. The number of benzene rings is 2. The van der Waals surface area contributed by atoms with E-state index in [1.807, 2.05) is 30.3 Å². The van der Waals surface area contributed by atoms with Crippen LogP contribution in [0.2, 0.25) is 5.02 Å². The second-order valence-corrected chi connectivity index (χ2v) is 5.13. The molecule has 1 atom stereocenters. The Hall–Kier alpha value is -1.62. The molecule has 5 heteroatoms. The van der Waals surface area contributed by atoms with Crippen LogP contribution >= 0.6 is 11.6 Å². The van der Waals surface area contributed by atoms with Crippen molar-refractivity contribution in [2.24, 2.45) is 5.84 Å². The molecule has 2 aromatic rings. The second kappa shape index (κ2) is 7.98. The first-order valence-corrected chi connectivity index (χ1v) is 7.15. The zero-order valence-electron chi connectivity index (χ0n) is 11.6. The molecule has 0 aromatic heterocycles. The van der Waals surface area contributed by atoms with Crippen molar-refractivity contribution in [3.63, 3.8) is 0 Å². The first-order chi connectivity index (χ1) is 10.2. The van der Waals surface area contributed by atoms with Crippen molar-refractivity contribution in [2.45, 2.75) is 18.9 Å². The minimum atomic E-state index is -0.313. The largest absolute Gasteiger partial charge is 0.494 e. The summed E-state index contributed by atoms with van der Waals surface area (Å²) in [5.74, 6) is 6.02. The summed E-state index contributed by atoms with van der Waals surface area (Å²) in [6, 6.07) is 14.1. The van der Waals surface area contributed by atoms with Crippen LogP contribution in [-0.2, 0) is 6.42 Å². The van der Waals surface area contributed by atoms with Crippen molar-refractivity contribution in [3.05, 3.63) is 64.9 Å². The summed E-state index contributed by atoms with van der Waals surface area (Å²) in [7, 11) is 0. The predicted octanol–water partition coefficient (Wildman–Crippen LogP) is 3.32. The smallest absolute Gasteiger partial charge is 0.127 e. The Morgan fingerprint density at radius 1 is 1.14 bits per heavy atom. The third kappa shape index (κ3) is 4.70.